The topological polar surface area (TPSA) is 50.4 Å². The van der Waals surface area contributed by atoms with Gasteiger partial charge in [0.15, 0.2) is 0 Å². The molecule has 2 N–H and O–H groups in total. The van der Waals surface area contributed by atoms with E-state index in [1.165, 1.54) is 5.56 Å². The minimum absolute atomic E-state index is 0.0305. The van der Waals surface area contributed by atoms with Crippen LogP contribution < -0.4 is 15.4 Å². The maximum atomic E-state index is 11.9. The van der Waals surface area contributed by atoms with Crippen LogP contribution in [0, 0.1) is 0 Å². The highest BCUT2D eigenvalue weighted by Crippen LogP contribution is 2.40. The number of carbonyl (C=O) groups excluding carboxylic acids is 1. The molecule has 0 spiro atoms. The van der Waals surface area contributed by atoms with Crippen LogP contribution in [0.2, 0.25) is 0 Å². The van der Waals surface area contributed by atoms with Gasteiger partial charge >= 0.3 is 0 Å². The number of hydrogen-bond donors (Lipinski definition) is 2. The summed E-state index contributed by atoms with van der Waals surface area (Å²) in [6.45, 7) is 5.64. The molecule has 4 heteroatoms. The Hall–Kier alpha value is -1.55. The molecule has 0 unspecified atom stereocenters. The van der Waals surface area contributed by atoms with Crippen LogP contribution in [0.15, 0.2) is 18.2 Å². The summed E-state index contributed by atoms with van der Waals surface area (Å²) in [5.74, 6) is 0.917. The predicted octanol–water partition coefficient (Wildman–Crippen LogP) is 1.16. The van der Waals surface area contributed by atoms with Gasteiger partial charge in [-0.05, 0) is 19.4 Å². The Morgan fingerprint density at radius 3 is 2.94 bits per heavy atom. The summed E-state index contributed by atoms with van der Waals surface area (Å²) >= 11 is 0. The second-order valence-electron chi connectivity index (χ2n) is 5.55. The zero-order valence-corrected chi connectivity index (χ0v) is 10.7. The molecule has 2 aliphatic heterocycles. The number of ether oxygens (including phenoxy) is 1. The Labute approximate surface area is 107 Å². The maximum Gasteiger partial charge on any atom is 0.241 e. The highest BCUT2D eigenvalue weighted by Gasteiger charge is 2.35. The highest BCUT2D eigenvalue weighted by molar-refractivity contribution is 5.85. The van der Waals surface area contributed by atoms with Crippen molar-refractivity contribution >= 4 is 5.91 Å². The minimum atomic E-state index is -0.289. The largest absolute Gasteiger partial charge is 0.487 e. The molecular weight excluding hydrogens is 228 g/mol. The molecule has 1 amide bonds. The Morgan fingerprint density at radius 2 is 2.17 bits per heavy atom. The van der Waals surface area contributed by atoms with Crippen molar-refractivity contribution in [2.24, 2.45) is 0 Å². The summed E-state index contributed by atoms with van der Waals surface area (Å²) in [4.78, 5) is 11.9. The number of benzene rings is 1. The first kappa shape index (κ1) is 11.5. The molecule has 2 heterocycles. The van der Waals surface area contributed by atoms with Gasteiger partial charge in [-0.15, -0.1) is 0 Å². The fraction of sp³-hybridized carbons (Fsp3) is 0.500. The number of nitrogens with one attached hydrogen (secondary N) is 2. The van der Waals surface area contributed by atoms with E-state index in [1.54, 1.807) is 0 Å². The zero-order valence-electron chi connectivity index (χ0n) is 10.7. The van der Waals surface area contributed by atoms with Crippen molar-refractivity contribution < 1.29 is 9.53 Å². The fourth-order valence-electron chi connectivity index (χ4n) is 2.71. The van der Waals surface area contributed by atoms with E-state index in [-0.39, 0.29) is 17.6 Å². The number of rotatable bonds is 1. The quantitative estimate of drug-likeness (QED) is 0.782. The molecule has 3 rings (SSSR count). The average molecular weight is 246 g/mol. The molecule has 1 atom stereocenters. The number of para-hydroxylation sites is 1. The second kappa shape index (κ2) is 3.99. The van der Waals surface area contributed by atoms with E-state index < -0.39 is 0 Å². The summed E-state index contributed by atoms with van der Waals surface area (Å²) in [6.07, 6.45) is 0.893. The Morgan fingerprint density at radius 1 is 1.33 bits per heavy atom. The molecule has 1 aromatic carbocycles. The van der Waals surface area contributed by atoms with Gasteiger partial charge in [0, 0.05) is 25.1 Å². The number of amides is 1. The van der Waals surface area contributed by atoms with E-state index in [1.807, 2.05) is 12.1 Å². The summed E-state index contributed by atoms with van der Waals surface area (Å²) < 4.78 is 6.01. The summed E-state index contributed by atoms with van der Waals surface area (Å²) in [5.41, 5.74) is 1.97. The number of piperazine rings is 1. The lowest BCUT2D eigenvalue weighted by molar-refractivity contribution is -0.124. The van der Waals surface area contributed by atoms with Gasteiger partial charge in [-0.3, -0.25) is 4.79 Å². The van der Waals surface area contributed by atoms with E-state index in [0.717, 1.165) is 24.3 Å². The van der Waals surface area contributed by atoms with Crippen molar-refractivity contribution in [2.75, 3.05) is 13.1 Å². The van der Waals surface area contributed by atoms with Gasteiger partial charge in [-0.2, -0.15) is 0 Å². The van der Waals surface area contributed by atoms with E-state index in [9.17, 15) is 4.79 Å². The van der Waals surface area contributed by atoms with Crippen LogP contribution in [0.3, 0.4) is 0 Å². The van der Waals surface area contributed by atoms with Gasteiger partial charge in [0.05, 0.1) is 0 Å². The molecular formula is C14H18N2O2. The molecule has 0 bridgehead atoms. The fourth-order valence-corrected chi connectivity index (χ4v) is 2.71. The third-order valence-electron chi connectivity index (χ3n) is 3.47. The van der Waals surface area contributed by atoms with Crippen molar-refractivity contribution in [3.63, 3.8) is 0 Å². The number of carbonyl (C=O) groups is 1. The average Bonchev–Trinajstić information content (AvgIpc) is 2.63. The van der Waals surface area contributed by atoms with E-state index >= 15 is 0 Å². The molecule has 18 heavy (non-hydrogen) atoms. The van der Waals surface area contributed by atoms with Gasteiger partial charge in [-0.25, -0.2) is 0 Å². The van der Waals surface area contributed by atoms with Crippen LogP contribution in [0.1, 0.15) is 31.0 Å². The van der Waals surface area contributed by atoms with Crippen molar-refractivity contribution in [3.8, 4) is 5.75 Å². The lowest BCUT2D eigenvalue weighted by Crippen LogP contribution is -2.47. The molecule has 0 aliphatic carbocycles. The Kier molecular flexibility index (Phi) is 2.55. The number of fused-ring (bicyclic) bond motifs is 1. The maximum absolute atomic E-state index is 11.9. The van der Waals surface area contributed by atoms with Gasteiger partial charge in [0.1, 0.15) is 17.4 Å². The minimum Gasteiger partial charge on any atom is -0.487 e. The van der Waals surface area contributed by atoms with E-state index in [2.05, 4.69) is 30.5 Å². The first-order valence-electron chi connectivity index (χ1n) is 6.39. The summed E-state index contributed by atoms with van der Waals surface area (Å²) in [5, 5.41) is 6.14. The van der Waals surface area contributed by atoms with Crippen LogP contribution in [-0.2, 0) is 11.2 Å². The highest BCUT2D eigenvalue weighted by atomic mass is 16.5. The molecule has 0 aromatic heterocycles. The van der Waals surface area contributed by atoms with Gasteiger partial charge in [0.25, 0.3) is 0 Å². The molecule has 1 aromatic rings. The molecule has 2 aliphatic rings. The van der Waals surface area contributed by atoms with Crippen LogP contribution in [0.4, 0.5) is 0 Å². The predicted molar refractivity (Wildman–Crippen MR) is 68.6 cm³/mol. The molecule has 0 radical (unpaired) electrons. The van der Waals surface area contributed by atoms with Crippen LogP contribution in [0.5, 0.6) is 5.75 Å². The first-order valence-corrected chi connectivity index (χ1v) is 6.39. The smallest absolute Gasteiger partial charge is 0.241 e. The van der Waals surface area contributed by atoms with Crippen molar-refractivity contribution in [3.05, 3.63) is 29.3 Å². The molecule has 0 saturated carbocycles. The number of hydrogen-bond acceptors (Lipinski definition) is 3. The monoisotopic (exact) mass is 246 g/mol. The third kappa shape index (κ3) is 1.86. The summed E-state index contributed by atoms with van der Waals surface area (Å²) in [7, 11) is 0. The normalized spacial score (nSPS) is 25.2. The zero-order chi connectivity index (χ0) is 12.8. The second-order valence-corrected chi connectivity index (χ2v) is 5.55. The van der Waals surface area contributed by atoms with Gasteiger partial charge in [-0.1, -0.05) is 18.2 Å². The first-order chi connectivity index (χ1) is 8.57. The molecule has 96 valence electrons. The summed E-state index contributed by atoms with van der Waals surface area (Å²) in [6, 6.07) is 5.77. The molecule has 1 saturated heterocycles. The van der Waals surface area contributed by atoms with E-state index in [0.29, 0.717) is 6.54 Å². The van der Waals surface area contributed by atoms with Crippen molar-refractivity contribution in [1.82, 2.24) is 10.6 Å². The SMILES string of the molecule is CC1(C)Cc2cccc([C@@H]3NCCNC3=O)c2O1. The van der Waals surface area contributed by atoms with Crippen LogP contribution >= 0.6 is 0 Å². The van der Waals surface area contributed by atoms with Crippen molar-refractivity contribution in [2.45, 2.75) is 31.9 Å². The Balaban J connectivity index is 1.99. The van der Waals surface area contributed by atoms with E-state index in [4.69, 9.17) is 4.74 Å². The van der Waals surface area contributed by atoms with Gasteiger partial charge < -0.3 is 15.4 Å². The lowest BCUT2D eigenvalue weighted by atomic mass is 9.97. The molecule has 1 fully saturated rings. The molecule has 4 nitrogen and oxygen atoms in total. The lowest BCUT2D eigenvalue weighted by Gasteiger charge is -2.26. The standard InChI is InChI=1S/C14H18N2O2/c1-14(2)8-9-4-3-5-10(12(9)18-14)11-13(17)16-7-6-15-11/h3-5,11,15H,6-8H2,1-2H3,(H,16,17)/t11-/m0/s1. The Bertz CT molecular complexity index is 497. The van der Waals surface area contributed by atoms with Crippen LogP contribution in [-0.4, -0.2) is 24.6 Å². The third-order valence-corrected chi connectivity index (χ3v) is 3.47. The van der Waals surface area contributed by atoms with Crippen LogP contribution in [0.25, 0.3) is 0 Å². The van der Waals surface area contributed by atoms with Gasteiger partial charge in [0.2, 0.25) is 5.91 Å². The van der Waals surface area contributed by atoms with Crippen molar-refractivity contribution in [1.29, 1.82) is 0 Å².